The van der Waals surface area contributed by atoms with Gasteiger partial charge in [0.1, 0.15) is 12.4 Å². The molecular weight excluding hydrogens is 159 g/mol. The van der Waals surface area contributed by atoms with Crippen molar-refractivity contribution < 1.29 is 14.9 Å². The Morgan fingerprint density at radius 3 is 2.75 bits per heavy atom. The normalized spacial score (nSPS) is 9.83. The molecule has 0 heterocycles. The number of carbonyl (C=O) groups excluding carboxylic acids is 1. The molecule has 64 valence electrons. The van der Waals surface area contributed by atoms with E-state index >= 15 is 0 Å². The summed E-state index contributed by atoms with van der Waals surface area (Å²) in [6.07, 6.45) is 0. The summed E-state index contributed by atoms with van der Waals surface area (Å²) in [6.45, 7) is 0.429. The van der Waals surface area contributed by atoms with Gasteiger partial charge in [-0.2, -0.15) is 0 Å². The van der Waals surface area contributed by atoms with Gasteiger partial charge in [-0.1, -0.05) is 0 Å². The van der Waals surface area contributed by atoms with Crippen LogP contribution in [-0.2, 0) is 6.54 Å². The third kappa shape index (κ3) is 1.60. The van der Waals surface area contributed by atoms with Crippen LogP contribution in [0.4, 0.5) is 4.39 Å². The zero-order chi connectivity index (χ0) is 9.14. The molecule has 1 rings (SSSR count). The van der Waals surface area contributed by atoms with Crippen LogP contribution in [0.25, 0.3) is 0 Å². The maximum atomic E-state index is 12.6. The van der Waals surface area contributed by atoms with Gasteiger partial charge in [0.15, 0.2) is 0 Å². The van der Waals surface area contributed by atoms with E-state index in [-0.39, 0.29) is 5.56 Å². The number of rotatable bonds is 2. The minimum Gasteiger partial charge on any atom is -0.366 e. The van der Waals surface area contributed by atoms with Gasteiger partial charge in [-0.3, -0.25) is 4.79 Å². The predicted octanol–water partition coefficient (Wildman–Crippen LogP) is -0.334. The van der Waals surface area contributed by atoms with Gasteiger partial charge in [-0.05, 0) is 18.2 Å². The van der Waals surface area contributed by atoms with Crippen LogP contribution in [-0.4, -0.2) is 5.91 Å². The van der Waals surface area contributed by atoms with E-state index in [0.717, 1.165) is 6.07 Å². The summed E-state index contributed by atoms with van der Waals surface area (Å²) in [6, 6.07) is 3.93. The van der Waals surface area contributed by atoms with Crippen molar-refractivity contribution in [1.82, 2.24) is 0 Å². The van der Waals surface area contributed by atoms with Crippen molar-refractivity contribution in [2.45, 2.75) is 6.54 Å². The minimum absolute atomic E-state index is 0.213. The number of benzene rings is 1. The number of nitrogens with two attached hydrogens (primary N) is 1. The quantitative estimate of drug-likeness (QED) is 0.625. The van der Waals surface area contributed by atoms with Crippen molar-refractivity contribution in [3.8, 4) is 0 Å². The van der Waals surface area contributed by atoms with E-state index in [4.69, 9.17) is 5.73 Å². The monoisotopic (exact) mass is 169 g/mol. The number of amides is 1. The van der Waals surface area contributed by atoms with Gasteiger partial charge < -0.3 is 11.5 Å². The Hall–Kier alpha value is -1.42. The molecule has 0 fully saturated rings. The number of hydrogen-bond acceptors (Lipinski definition) is 1. The van der Waals surface area contributed by atoms with Gasteiger partial charge in [0.05, 0.1) is 5.56 Å². The molecule has 1 aromatic rings. The maximum absolute atomic E-state index is 12.6. The van der Waals surface area contributed by atoms with Crippen molar-refractivity contribution in [3.63, 3.8) is 0 Å². The molecule has 0 radical (unpaired) electrons. The summed E-state index contributed by atoms with van der Waals surface area (Å²) >= 11 is 0. The third-order valence-corrected chi connectivity index (χ3v) is 1.61. The lowest BCUT2D eigenvalue weighted by molar-refractivity contribution is -0.386. The van der Waals surface area contributed by atoms with E-state index in [9.17, 15) is 9.18 Å². The Labute approximate surface area is 69.2 Å². The van der Waals surface area contributed by atoms with Gasteiger partial charge in [0.25, 0.3) is 0 Å². The van der Waals surface area contributed by atoms with Crippen LogP contribution in [0, 0.1) is 5.82 Å². The van der Waals surface area contributed by atoms with Crippen molar-refractivity contribution in [3.05, 3.63) is 35.1 Å². The lowest BCUT2D eigenvalue weighted by atomic mass is 10.1. The minimum atomic E-state index is -0.617. The summed E-state index contributed by atoms with van der Waals surface area (Å²) in [4.78, 5) is 10.8. The van der Waals surface area contributed by atoms with Crippen LogP contribution in [0.3, 0.4) is 0 Å². The van der Waals surface area contributed by atoms with Gasteiger partial charge in [0.2, 0.25) is 5.91 Å². The van der Waals surface area contributed by atoms with Crippen molar-refractivity contribution >= 4 is 5.91 Å². The highest BCUT2D eigenvalue weighted by atomic mass is 19.1. The van der Waals surface area contributed by atoms with Gasteiger partial charge in [-0.15, -0.1) is 0 Å². The lowest BCUT2D eigenvalue weighted by Crippen LogP contribution is -2.48. The van der Waals surface area contributed by atoms with E-state index in [1.165, 1.54) is 12.1 Å². The second kappa shape index (κ2) is 3.32. The van der Waals surface area contributed by atoms with E-state index in [2.05, 4.69) is 5.73 Å². The van der Waals surface area contributed by atoms with Gasteiger partial charge in [0, 0.05) is 5.56 Å². The Morgan fingerprint density at radius 1 is 1.58 bits per heavy atom. The van der Waals surface area contributed by atoms with Crippen LogP contribution in [0.5, 0.6) is 0 Å². The average Bonchev–Trinajstić information content (AvgIpc) is 2.04. The number of hydrogen-bond donors (Lipinski definition) is 2. The summed E-state index contributed by atoms with van der Waals surface area (Å²) < 4.78 is 12.6. The molecule has 12 heavy (non-hydrogen) atoms. The number of primary amides is 1. The first-order valence-electron chi connectivity index (χ1n) is 3.52. The maximum Gasteiger partial charge on any atom is 0.249 e. The molecule has 4 heteroatoms. The number of quaternary nitrogens is 1. The van der Waals surface area contributed by atoms with Gasteiger partial charge >= 0.3 is 0 Å². The fourth-order valence-electron chi connectivity index (χ4n) is 0.996. The molecule has 1 amide bonds. The molecular formula is C8H10FN2O+. The van der Waals surface area contributed by atoms with Crippen molar-refractivity contribution in [2.24, 2.45) is 5.73 Å². The summed E-state index contributed by atoms with van der Waals surface area (Å²) in [7, 11) is 0. The first-order valence-corrected chi connectivity index (χ1v) is 3.52. The Bertz CT molecular complexity index is 312. The summed E-state index contributed by atoms with van der Waals surface area (Å²) in [5.41, 5.74) is 9.51. The van der Waals surface area contributed by atoms with Crippen molar-refractivity contribution in [2.75, 3.05) is 0 Å². The Balaban J connectivity index is 3.21. The third-order valence-electron chi connectivity index (χ3n) is 1.61. The molecule has 0 atom stereocenters. The predicted molar refractivity (Wildman–Crippen MR) is 41.5 cm³/mol. The van der Waals surface area contributed by atoms with Crippen molar-refractivity contribution in [1.29, 1.82) is 0 Å². The zero-order valence-electron chi connectivity index (χ0n) is 6.51. The fourth-order valence-corrected chi connectivity index (χ4v) is 0.996. The fraction of sp³-hybridized carbons (Fsp3) is 0.125. The molecule has 0 aromatic heterocycles. The molecule has 0 bridgehead atoms. The molecule has 0 unspecified atom stereocenters. The number of carbonyl (C=O) groups is 1. The van der Waals surface area contributed by atoms with E-state index < -0.39 is 11.7 Å². The highest BCUT2D eigenvalue weighted by molar-refractivity contribution is 5.94. The molecule has 0 aliphatic carbocycles. The Morgan fingerprint density at radius 2 is 2.25 bits per heavy atom. The molecule has 5 N–H and O–H groups in total. The molecule has 1 aromatic carbocycles. The molecule has 0 spiro atoms. The van der Waals surface area contributed by atoms with Crippen LogP contribution >= 0.6 is 0 Å². The van der Waals surface area contributed by atoms with Crippen LogP contribution in [0.1, 0.15) is 15.9 Å². The largest absolute Gasteiger partial charge is 0.366 e. The summed E-state index contributed by atoms with van der Waals surface area (Å²) in [5, 5.41) is 0. The van der Waals surface area contributed by atoms with Crippen LogP contribution in [0.2, 0.25) is 0 Å². The molecule has 3 nitrogen and oxygen atoms in total. The van der Waals surface area contributed by atoms with E-state index in [0.29, 0.717) is 12.1 Å². The molecule has 0 aliphatic rings. The first kappa shape index (κ1) is 8.67. The second-order valence-corrected chi connectivity index (χ2v) is 2.42. The van der Waals surface area contributed by atoms with Crippen LogP contribution < -0.4 is 11.5 Å². The topological polar surface area (TPSA) is 70.7 Å². The Kier molecular flexibility index (Phi) is 2.40. The first-order chi connectivity index (χ1) is 5.65. The van der Waals surface area contributed by atoms with Gasteiger partial charge in [-0.25, -0.2) is 4.39 Å². The standard InChI is InChI=1S/C8H9FN2O/c9-6-2-1-5(4-10)7(3-6)8(11)12/h1-3H,4,10H2,(H2,11,12)/p+1. The zero-order valence-corrected chi connectivity index (χ0v) is 6.51. The van der Waals surface area contributed by atoms with E-state index in [1.54, 1.807) is 0 Å². The van der Waals surface area contributed by atoms with E-state index in [1.807, 2.05) is 0 Å². The summed E-state index contributed by atoms with van der Waals surface area (Å²) in [5.74, 6) is -1.07. The average molecular weight is 169 g/mol. The highest BCUT2D eigenvalue weighted by Crippen LogP contribution is 2.09. The SMILES string of the molecule is NC(=O)c1cc(F)ccc1C[NH3+]. The smallest absolute Gasteiger partial charge is 0.249 e. The molecule has 0 aliphatic heterocycles. The highest BCUT2D eigenvalue weighted by Gasteiger charge is 2.08. The lowest BCUT2D eigenvalue weighted by Gasteiger charge is -2.01. The number of halogens is 1. The molecule has 0 saturated heterocycles. The second-order valence-electron chi connectivity index (χ2n) is 2.42. The molecule has 0 saturated carbocycles. The van der Waals surface area contributed by atoms with Crippen LogP contribution in [0.15, 0.2) is 18.2 Å².